The second-order valence-electron chi connectivity index (χ2n) is 4.29. The first-order valence-corrected chi connectivity index (χ1v) is 5.62. The zero-order chi connectivity index (χ0) is 12.2. The summed E-state index contributed by atoms with van der Waals surface area (Å²) in [6, 6.07) is 5.87. The Bertz CT molecular complexity index is 357. The molecule has 1 atom stereocenters. The quantitative estimate of drug-likeness (QED) is 0.834. The van der Waals surface area contributed by atoms with Crippen LogP contribution in [0, 0.1) is 6.92 Å². The summed E-state index contributed by atoms with van der Waals surface area (Å²) in [6.45, 7) is 5.04. The highest BCUT2D eigenvalue weighted by Gasteiger charge is 2.21. The lowest BCUT2D eigenvalue weighted by molar-refractivity contribution is 0.153. The van der Waals surface area contributed by atoms with Gasteiger partial charge in [-0.2, -0.15) is 0 Å². The molecule has 1 aromatic carbocycles. The Hall–Kier alpha value is -0.770. The lowest BCUT2D eigenvalue weighted by Crippen LogP contribution is -2.46. The normalized spacial score (nSPS) is 14.6. The highest BCUT2D eigenvalue weighted by molar-refractivity contribution is 6.31. The molecule has 1 unspecified atom stereocenters. The fourth-order valence-corrected chi connectivity index (χ4v) is 1.66. The third kappa shape index (κ3) is 3.37. The van der Waals surface area contributed by atoms with Gasteiger partial charge >= 0.3 is 0 Å². The first kappa shape index (κ1) is 13.3. The molecule has 16 heavy (non-hydrogen) atoms. The number of hydrogen-bond donors (Lipinski definition) is 2. The van der Waals surface area contributed by atoms with Crippen molar-refractivity contribution < 1.29 is 4.74 Å². The Kier molecular flexibility index (Phi) is 4.59. The molecule has 90 valence electrons. The zero-order valence-corrected chi connectivity index (χ0v) is 10.8. The molecule has 0 spiro atoms. The van der Waals surface area contributed by atoms with E-state index in [-0.39, 0.29) is 5.54 Å². The minimum atomic E-state index is -0.270. The monoisotopic (exact) mass is 242 g/mol. The van der Waals surface area contributed by atoms with Crippen molar-refractivity contribution in [2.45, 2.75) is 19.4 Å². The Morgan fingerprint density at radius 2 is 2.19 bits per heavy atom. The Morgan fingerprint density at radius 1 is 1.50 bits per heavy atom. The molecule has 3 N–H and O–H groups in total. The van der Waals surface area contributed by atoms with Gasteiger partial charge < -0.3 is 15.8 Å². The summed E-state index contributed by atoms with van der Waals surface area (Å²) in [5.41, 5.74) is 7.49. The van der Waals surface area contributed by atoms with Crippen LogP contribution in [0.25, 0.3) is 0 Å². The second-order valence-corrected chi connectivity index (χ2v) is 4.69. The molecule has 0 bridgehead atoms. The van der Waals surface area contributed by atoms with Gasteiger partial charge in [-0.25, -0.2) is 0 Å². The van der Waals surface area contributed by atoms with Crippen LogP contribution in [0.4, 0.5) is 5.69 Å². The SMILES string of the molecule is COCC(C)(CN)Nc1ccc(C)c(Cl)c1. The fraction of sp³-hybridized carbons (Fsp3) is 0.500. The van der Waals surface area contributed by atoms with Gasteiger partial charge in [-0.3, -0.25) is 0 Å². The van der Waals surface area contributed by atoms with Gasteiger partial charge in [0.2, 0.25) is 0 Å². The summed E-state index contributed by atoms with van der Waals surface area (Å²) in [7, 11) is 1.66. The lowest BCUT2D eigenvalue weighted by Gasteiger charge is -2.29. The van der Waals surface area contributed by atoms with Crippen molar-refractivity contribution in [1.82, 2.24) is 0 Å². The average Bonchev–Trinajstić information content (AvgIpc) is 2.24. The Labute approximate surface area is 102 Å². The van der Waals surface area contributed by atoms with Gasteiger partial charge in [-0.15, -0.1) is 0 Å². The molecule has 0 saturated carbocycles. The topological polar surface area (TPSA) is 47.3 Å². The summed E-state index contributed by atoms with van der Waals surface area (Å²) in [4.78, 5) is 0. The first-order valence-electron chi connectivity index (χ1n) is 5.24. The molecule has 0 fully saturated rings. The number of rotatable bonds is 5. The van der Waals surface area contributed by atoms with Crippen molar-refractivity contribution in [3.8, 4) is 0 Å². The summed E-state index contributed by atoms with van der Waals surface area (Å²) >= 11 is 6.06. The molecule has 0 aliphatic carbocycles. The molecular formula is C12H19ClN2O. The summed E-state index contributed by atoms with van der Waals surface area (Å²) in [5.74, 6) is 0. The van der Waals surface area contributed by atoms with E-state index in [1.165, 1.54) is 0 Å². The number of nitrogens with one attached hydrogen (secondary N) is 1. The number of ether oxygens (including phenoxy) is 1. The van der Waals surface area contributed by atoms with Gasteiger partial charge in [0, 0.05) is 24.4 Å². The van der Waals surface area contributed by atoms with E-state index in [1.807, 2.05) is 32.0 Å². The molecule has 3 nitrogen and oxygen atoms in total. The van der Waals surface area contributed by atoms with E-state index in [0.717, 1.165) is 16.3 Å². The van der Waals surface area contributed by atoms with Gasteiger partial charge in [0.1, 0.15) is 0 Å². The van der Waals surface area contributed by atoms with E-state index in [2.05, 4.69) is 5.32 Å². The van der Waals surface area contributed by atoms with Gasteiger partial charge in [0.25, 0.3) is 0 Å². The smallest absolute Gasteiger partial charge is 0.0702 e. The van der Waals surface area contributed by atoms with Crippen LogP contribution in [0.1, 0.15) is 12.5 Å². The molecule has 0 aliphatic heterocycles. The maximum atomic E-state index is 6.06. The maximum absolute atomic E-state index is 6.06. The molecule has 0 aliphatic rings. The molecule has 1 rings (SSSR count). The third-order valence-electron chi connectivity index (χ3n) is 2.53. The lowest BCUT2D eigenvalue weighted by atomic mass is 10.0. The van der Waals surface area contributed by atoms with Gasteiger partial charge in [0.15, 0.2) is 0 Å². The van der Waals surface area contributed by atoms with Crippen LogP contribution in [-0.2, 0) is 4.74 Å². The van der Waals surface area contributed by atoms with Crippen LogP contribution in [-0.4, -0.2) is 25.8 Å². The van der Waals surface area contributed by atoms with E-state index in [1.54, 1.807) is 7.11 Å². The molecule has 1 aromatic rings. The van der Waals surface area contributed by atoms with Crippen LogP contribution in [0.2, 0.25) is 5.02 Å². The van der Waals surface area contributed by atoms with Crippen LogP contribution < -0.4 is 11.1 Å². The number of anilines is 1. The van der Waals surface area contributed by atoms with E-state index in [4.69, 9.17) is 22.1 Å². The summed E-state index contributed by atoms with van der Waals surface area (Å²) < 4.78 is 5.15. The number of methoxy groups -OCH3 is 1. The largest absolute Gasteiger partial charge is 0.382 e. The average molecular weight is 243 g/mol. The molecule has 0 radical (unpaired) electrons. The van der Waals surface area contributed by atoms with Crippen LogP contribution in [0.15, 0.2) is 18.2 Å². The Balaban J connectivity index is 2.81. The van der Waals surface area contributed by atoms with E-state index in [9.17, 15) is 0 Å². The Morgan fingerprint density at radius 3 is 2.69 bits per heavy atom. The van der Waals surface area contributed by atoms with Crippen molar-refractivity contribution in [2.75, 3.05) is 25.6 Å². The van der Waals surface area contributed by atoms with Crippen molar-refractivity contribution in [3.63, 3.8) is 0 Å². The second kappa shape index (κ2) is 5.53. The maximum Gasteiger partial charge on any atom is 0.0702 e. The zero-order valence-electron chi connectivity index (χ0n) is 10.0. The third-order valence-corrected chi connectivity index (χ3v) is 2.94. The minimum absolute atomic E-state index is 0.270. The predicted octanol–water partition coefficient (Wildman–Crippen LogP) is 2.42. The highest BCUT2D eigenvalue weighted by Crippen LogP contribution is 2.22. The summed E-state index contributed by atoms with van der Waals surface area (Å²) in [5, 5.41) is 4.09. The van der Waals surface area contributed by atoms with E-state index >= 15 is 0 Å². The van der Waals surface area contributed by atoms with Crippen LogP contribution in [0.5, 0.6) is 0 Å². The van der Waals surface area contributed by atoms with Crippen LogP contribution in [0.3, 0.4) is 0 Å². The van der Waals surface area contributed by atoms with Crippen molar-refractivity contribution >= 4 is 17.3 Å². The predicted molar refractivity (Wildman–Crippen MR) is 69.1 cm³/mol. The highest BCUT2D eigenvalue weighted by atomic mass is 35.5. The van der Waals surface area contributed by atoms with Crippen molar-refractivity contribution in [1.29, 1.82) is 0 Å². The molecule has 0 amide bonds. The number of aryl methyl sites for hydroxylation is 1. The number of hydrogen-bond acceptors (Lipinski definition) is 3. The van der Waals surface area contributed by atoms with E-state index in [0.29, 0.717) is 13.2 Å². The van der Waals surface area contributed by atoms with Gasteiger partial charge in [0.05, 0.1) is 12.1 Å². The van der Waals surface area contributed by atoms with Crippen molar-refractivity contribution in [2.24, 2.45) is 5.73 Å². The number of nitrogens with two attached hydrogens (primary N) is 1. The van der Waals surface area contributed by atoms with Gasteiger partial charge in [-0.05, 0) is 31.5 Å². The molecule has 0 aromatic heterocycles. The van der Waals surface area contributed by atoms with Crippen LogP contribution >= 0.6 is 11.6 Å². The standard InChI is InChI=1S/C12H19ClN2O/c1-9-4-5-10(6-11(9)13)15-12(2,7-14)8-16-3/h4-6,15H,7-8,14H2,1-3H3. The fourth-order valence-electron chi connectivity index (χ4n) is 1.48. The van der Waals surface area contributed by atoms with Gasteiger partial charge in [-0.1, -0.05) is 17.7 Å². The summed E-state index contributed by atoms with van der Waals surface area (Å²) in [6.07, 6.45) is 0. The molecule has 4 heteroatoms. The van der Waals surface area contributed by atoms with Crippen molar-refractivity contribution in [3.05, 3.63) is 28.8 Å². The molecule has 0 heterocycles. The number of halogens is 1. The minimum Gasteiger partial charge on any atom is -0.382 e. The molecule has 0 saturated heterocycles. The van der Waals surface area contributed by atoms with E-state index < -0.39 is 0 Å². The molecular weight excluding hydrogens is 224 g/mol. The number of benzene rings is 1. The first-order chi connectivity index (χ1) is 7.50.